The summed E-state index contributed by atoms with van der Waals surface area (Å²) in [7, 11) is -3.70. The van der Waals surface area contributed by atoms with E-state index in [9.17, 15) is 8.42 Å². The molecule has 0 fully saturated rings. The lowest BCUT2D eigenvalue weighted by molar-refractivity contribution is 0.245. The van der Waals surface area contributed by atoms with Crippen LogP contribution in [0.1, 0.15) is 15.6 Å². The molecule has 0 spiro atoms. The molecule has 2 aromatic rings. The number of halogens is 1. The van der Waals surface area contributed by atoms with Crippen LogP contribution in [-0.4, -0.2) is 18.5 Å². The van der Waals surface area contributed by atoms with Gasteiger partial charge in [-0.1, -0.05) is 0 Å². The Morgan fingerprint density at radius 1 is 1.58 bits per heavy atom. The van der Waals surface area contributed by atoms with Gasteiger partial charge in [-0.25, -0.2) is 18.1 Å². The Bertz CT molecular complexity index is 678. The molecule has 0 aromatic carbocycles. The maximum absolute atomic E-state index is 12.1. The molecule has 19 heavy (non-hydrogen) atoms. The van der Waals surface area contributed by atoms with E-state index in [0.29, 0.717) is 5.01 Å². The highest BCUT2D eigenvalue weighted by Crippen LogP contribution is 2.26. The van der Waals surface area contributed by atoms with E-state index in [4.69, 9.17) is 9.52 Å². The molecule has 0 aliphatic heterocycles. The molecule has 2 aromatic heterocycles. The first-order chi connectivity index (χ1) is 8.92. The lowest BCUT2D eigenvalue weighted by Gasteiger charge is -2.02. The van der Waals surface area contributed by atoms with Gasteiger partial charge in [0.05, 0.1) is 6.54 Å². The van der Waals surface area contributed by atoms with Gasteiger partial charge in [-0.05, 0) is 22.9 Å². The summed E-state index contributed by atoms with van der Waals surface area (Å²) in [5, 5.41) is 9.60. The average molecular weight is 367 g/mol. The molecule has 0 atom stereocenters. The van der Waals surface area contributed by atoms with Crippen molar-refractivity contribution in [2.75, 3.05) is 0 Å². The molecule has 2 rings (SSSR count). The second-order valence-corrected chi connectivity index (χ2v) is 7.47. The molecule has 0 unspecified atom stereocenters. The first-order valence-electron chi connectivity index (χ1n) is 5.22. The molecule has 9 heteroatoms. The van der Waals surface area contributed by atoms with Crippen molar-refractivity contribution in [3.8, 4) is 0 Å². The summed E-state index contributed by atoms with van der Waals surface area (Å²) in [6, 6.07) is 1.28. The zero-order valence-corrected chi connectivity index (χ0v) is 13.1. The second kappa shape index (κ2) is 5.71. The van der Waals surface area contributed by atoms with E-state index in [0.717, 1.165) is 4.88 Å². The van der Waals surface area contributed by atoms with Crippen LogP contribution in [-0.2, 0) is 23.2 Å². The summed E-state index contributed by atoms with van der Waals surface area (Å²) in [6.45, 7) is 1.66. The van der Waals surface area contributed by atoms with Gasteiger partial charge in [0.15, 0.2) is 4.67 Å². The van der Waals surface area contributed by atoms with Crippen molar-refractivity contribution < 1.29 is 17.9 Å². The van der Waals surface area contributed by atoms with Crippen molar-refractivity contribution in [3.05, 3.63) is 32.6 Å². The number of hydrogen-bond donors (Lipinski definition) is 2. The predicted molar refractivity (Wildman–Crippen MR) is 73.2 cm³/mol. The van der Waals surface area contributed by atoms with Gasteiger partial charge in [0, 0.05) is 17.1 Å². The van der Waals surface area contributed by atoms with E-state index in [-0.39, 0.29) is 28.5 Å². The normalized spacial score (nSPS) is 11.9. The van der Waals surface area contributed by atoms with Crippen LogP contribution in [0.25, 0.3) is 0 Å². The van der Waals surface area contributed by atoms with E-state index in [2.05, 4.69) is 25.6 Å². The van der Waals surface area contributed by atoms with Crippen molar-refractivity contribution in [2.45, 2.75) is 25.0 Å². The summed E-state index contributed by atoms with van der Waals surface area (Å²) in [5.74, 6) is 0.178. The summed E-state index contributed by atoms with van der Waals surface area (Å²) >= 11 is 4.44. The van der Waals surface area contributed by atoms with Crippen molar-refractivity contribution in [1.29, 1.82) is 0 Å². The number of rotatable bonds is 5. The van der Waals surface area contributed by atoms with Crippen LogP contribution in [0.5, 0.6) is 0 Å². The van der Waals surface area contributed by atoms with Crippen molar-refractivity contribution in [1.82, 2.24) is 9.71 Å². The van der Waals surface area contributed by atoms with Crippen LogP contribution in [0.2, 0.25) is 0 Å². The molecule has 0 radical (unpaired) electrons. The Kier molecular flexibility index (Phi) is 4.41. The number of aromatic nitrogens is 1. The zero-order valence-electron chi connectivity index (χ0n) is 9.88. The second-order valence-electron chi connectivity index (χ2n) is 3.70. The van der Waals surface area contributed by atoms with Crippen LogP contribution < -0.4 is 4.72 Å². The van der Waals surface area contributed by atoms with Gasteiger partial charge in [0.2, 0.25) is 10.0 Å². The van der Waals surface area contributed by atoms with Crippen molar-refractivity contribution in [2.24, 2.45) is 0 Å². The van der Waals surface area contributed by atoms with E-state index in [1.165, 1.54) is 17.4 Å². The Balaban J connectivity index is 2.15. The number of aryl methyl sites for hydroxylation is 1. The highest BCUT2D eigenvalue weighted by molar-refractivity contribution is 9.10. The molecule has 6 nitrogen and oxygen atoms in total. The molecule has 0 bridgehead atoms. The Morgan fingerprint density at radius 2 is 2.32 bits per heavy atom. The van der Waals surface area contributed by atoms with Crippen LogP contribution in [0, 0.1) is 6.92 Å². The smallest absolute Gasteiger partial charge is 0.245 e. The number of thiazole rings is 1. The summed E-state index contributed by atoms with van der Waals surface area (Å²) in [6.07, 6.45) is 1.69. The number of nitrogens with zero attached hydrogens (tertiary/aromatic N) is 1. The first kappa shape index (κ1) is 14.7. The van der Waals surface area contributed by atoms with Gasteiger partial charge in [-0.3, -0.25) is 0 Å². The number of hydrogen-bond acceptors (Lipinski definition) is 6. The highest BCUT2D eigenvalue weighted by atomic mass is 79.9. The molecule has 2 N–H and O–H groups in total. The minimum absolute atomic E-state index is 0.0372. The standard InChI is InChI=1S/C10H11BrN2O4S2/c1-6-3-12-9(18-6)4-13-19(15,16)8-2-7(5-14)17-10(8)11/h2-3,13-14H,4-5H2,1H3. The monoisotopic (exact) mass is 366 g/mol. The number of nitrogens with one attached hydrogen (secondary N) is 1. The van der Waals surface area contributed by atoms with Crippen molar-refractivity contribution >= 4 is 37.3 Å². The molecular formula is C10H11BrN2O4S2. The van der Waals surface area contributed by atoms with E-state index < -0.39 is 10.0 Å². The Hall–Kier alpha value is -0.740. The minimum Gasteiger partial charge on any atom is -0.450 e. The Morgan fingerprint density at radius 3 is 2.84 bits per heavy atom. The topological polar surface area (TPSA) is 92.4 Å². The van der Waals surface area contributed by atoms with Crippen molar-refractivity contribution in [3.63, 3.8) is 0 Å². The first-order valence-corrected chi connectivity index (χ1v) is 8.31. The van der Waals surface area contributed by atoms with Gasteiger partial charge in [-0.2, -0.15) is 0 Å². The third-order valence-electron chi connectivity index (χ3n) is 2.23. The largest absolute Gasteiger partial charge is 0.450 e. The molecule has 0 aliphatic rings. The molecule has 0 saturated heterocycles. The van der Waals surface area contributed by atoms with E-state index in [1.54, 1.807) is 6.20 Å². The maximum Gasteiger partial charge on any atom is 0.245 e. The van der Waals surface area contributed by atoms with Gasteiger partial charge < -0.3 is 9.52 Å². The van der Waals surface area contributed by atoms with Gasteiger partial charge >= 0.3 is 0 Å². The summed E-state index contributed by atoms with van der Waals surface area (Å²) < 4.78 is 31.7. The SMILES string of the molecule is Cc1cnc(CNS(=O)(=O)c2cc(CO)oc2Br)s1. The predicted octanol–water partition coefficient (Wildman–Crippen LogP) is 1.78. The Labute approximate surface area is 122 Å². The average Bonchev–Trinajstić information content (AvgIpc) is 2.93. The van der Waals surface area contributed by atoms with E-state index in [1.807, 2.05) is 6.92 Å². The molecular weight excluding hydrogens is 356 g/mol. The van der Waals surface area contributed by atoms with Crippen LogP contribution in [0.4, 0.5) is 0 Å². The molecule has 0 saturated carbocycles. The van der Waals surface area contributed by atoms with Gasteiger partial charge in [0.1, 0.15) is 22.3 Å². The minimum atomic E-state index is -3.70. The number of sulfonamides is 1. The fourth-order valence-electron chi connectivity index (χ4n) is 1.38. The van der Waals surface area contributed by atoms with E-state index >= 15 is 0 Å². The lowest BCUT2D eigenvalue weighted by atomic mass is 10.5. The third kappa shape index (κ3) is 3.42. The van der Waals surface area contributed by atoms with Crippen LogP contribution in [0.15, 0.2) is 26.2 Å². The van der Waals surface area contributed by atoms with Crippen LogP contribution >= 0.6 is 27.3 Å². The van der Waals surface area contributed by atoms with Gasteiger partial charge in [0.25, 0.3) is 0 Å². The summed E-state index contributed by atoms with van der Waals surface area (Å²) in [5.41, 5.74) is 0. The zero-order chi connectivity index (χ0) is 14.0. The molecule has 0 amide bonds. The number of aliphatic hydroxyl groups is 1. The number of aliphatic hydroxyl groups excluding tert-OH is 1. The highest BCUT2D eigenvalue weighted by Gasteiger charge is 2.22. The molecule has 104 valence electrons. The third-order valence-corrected chi connectivity index (χ3v) is 5.41. The quantitative estimate of drug-likeness (QED) is 0.841. The lowest BCUT2D eigenvalue weighted by Crippen LogP contribution is -2.23. The van der Waals surface area contributed by atoms with Gasteiger partial charge in [-0.15, -0.1) is 11.3 Å². The fraction of sp³-hybridized carbons (Fsp3) is 0.300. The maximum atomic E-state index is 12.1. The fourth-order valence-corrected chi connectivity index (χ4v) is 4.18. The molecule has 2 heterocycles. The molecule has 0 aliphatic carbocycles. The number of furan rings is 1. The van der Waals surface area contributed by atoms with Crippen LogP contribution in [0.3, 0.4) is 0 Å². The summed E-state index contributed by atoms with van der Waals surface area (Å²) in [4.78, 5) is 5.05.